The SMILES string of the molecule is CC1CC1CNC(=O)NC1(C(=O)O)CCOC1. The van der Waals surface area contributed by atoms with Crippen LogP contribution in [0.4, 0.5) is 4.79 Å². The summed E-state index contributed by atoms with van der Waals surface area (Å²) in [5, 5.41) is 14.3. The molecule has 0 spiro atoms. The number of nitrogens with one attached hydrogen (secondary N) is 2. The number of carbonyl (C=O) groups excluding carboxylic acids is 1. The van der Waals surface area contributed by atoms with Crippen LogP contribution in [0.5, 0.6) is 0 Å². The Labute approximate surface area is 99.7 Å². The first-order valence-electron chi connectivity index (χ1n) is 5.91. The molecule has 2 rings (SSSR count). The molecule has 6 heteroatoms. The molecule has 6 nitrogen and oxygen atoms in total. The zero-order valence-electron chi connectivity index (χ0n) is 9.86. The van der Waals surface area contributed by atoms with Gasteiger partial charge >= 0.3 is 12.0 Å². The molecule has 1 aliphatic carbocycles. The van der Waals surface area contributed by atoms with Crippen molar-refractivity contribution in [2.45, 2.75) is 25.3 Å². The molecule has 1 saturated carbocycles. The third kappa shape index (κ3) is 2.69. The van der Waals surface area contributed by atoms with E-state index in [-0.39, 0.29) is 6.61 Å². The zero-order valence-corrected chi connectivity index (χ0v) is 9.86. The molecule has 1 aliphatic heterocycles. The van der Waals surface area contributed by atoms with E-state index in [4.69, 9.17) is 9.84 Å². The Bertz CT molecular complexity index is 325. The Morgan fingerprint density at radius 2 is 2.24 bits per heavy atom. The second-order valence-electron chi connectivity index (χ2n) is 5.00. The van der Waals surface area contributed by atoms with Crippen molar-refractivity contribution in [3.63, 3.8) is 0 Å². The molecular weight excluding hydrogens is 224 g/mol. The number of rotatable bonds is 4. The number of amides is 2. The molecule has 0 bridgehead atoms. The third-order valence-electron chi connectivity index (χ3n) is 3.58. The molecule has 1 heterocycles. The van der Waals surface area contributed by atoms with Crippen LogP contribution in [0.2, 0.25) is 0 Å². The number of aliphatic carboxylic acids is 1. The Balaban J connectivity index is 1.81. The van der Waals surface area contributed by atoms with E-state index in [9.17, 15) is 9.59 Å². The quantitative estimate of drug-likeness (QED) is 0.656. The minimum atomic E-state index is -1.25. The van der Waals surface area contributed by atoms with Crippen molar-refractivity contribution >= 4 is 12.0 Å². The number of ether oxygens (including phenoxy) is 1. The van der Waals surface area contributed by atoms with Crippen LogP contribution in [0, 0.1) is 11.8 Å². The van der Waals surface area contributed by atoms with Crippen LogP contribution in [0.15, 0.2) is 0 Å². The smallest absolute Gasteiger partial charge is 0.332 e. The van der Waals surface area contributed by atoms with Gasteiger partial charge < -0.3 is 20.5 Å². The highest BCUT2D eigenvalue weighted by Gasteiger charge is 2.44. The fourth-order valence-corrected chi connectivity index (χ4v) is 2.05. The van der Waals surface area contributed by atoms with Gasteiger partial charge in [0.25, 0.3) is 0 Å². The van der Waals surface area contributed by atoms with Gasteiger partial charge in [0.15, 0.2) is 5.54 Å². The Hall–Kier alpha value is -1.30. The molecule has 3 atom stereocenters. The fourth-order valence-electron chi connectivity index (χ4n) is 2.05. The molecule has 3 unspecified atom stereocenters. The highest BCUT2D eigenvalue weighted by atomic mass is 16.5. The minimum Gasteiger partial charge on any atom is -0.479 e. The summed E-state index contributed by atoms with van der Waals surface area (Å²) in [6.07, 6.45) is 1.45. The van der Waals surface area contributed by atoms with Gasteiger partial charge in [0.2, 0.25) is 0 Å². The van der Waals surface area contributed by atoms with Crippen LogP contribution in [0.3, 0.4) is 0 Å². The van der Waals surface area contributed by atoms with E-state index < -0.39 is 17.5 Å². The lowest BCUT2D eigenvalue weighted by atomic mass is 9.99. The first kappa shape index (κ1) is 12.2. The van der Waals surface area contributed by atoms with E-state index in [1.54, 1.807) is 0 Å². The normalized spacial score (nSPS) is 35.4. The lowest BCUT2D eigenvalue weighted by Crippen LogP contribution is -2.57. The highest BCUT2D eigenvalue weighted by Crippen LogP contribution is 2.36. The molecule has 1 saturated heterocycles. The molecule has 0 radical (unpaired) electrons. The van der Waals surface area contributed by atoms with Crippen LogP contribution in [0.25, 0.3) is 0 Å². The number of urea groups is 1. The van der Waals surface area contributed by atoms with Crippen molar-refractivity contribution in [1.82, 2.24) is 10.6 Å². The van der Waals surface area contributed by atoms with Crippen molar-refractivity contribution in [2.75, 3.05) is 19.8 Å². The summed E-state index contributed by atoms with van der Waals surface area (Å²) in [6, 6.07) is -0.419. The van der Waals surface area contributed by atoms with Crippen molar-refractivity contribution in [3.8, 4) is 0 Å². The lowest BCUT2D eigenvalue weighted by molar-refractivity contribution is -0.144. The number of carboxylic acids is 1. The second kappa shape index (κ2) is 4.52. The first-order chi connectivity index (χ1) is 8.03. The van der Waals surface area contributed by atoms with E-state index in [2.05, 4.69) is 17.6 Å². The highest BCUT2D eigenvalue weighted by molar-refractivity contribution is 5.86. The van der Waals surface area contributed by atoms with Crippen LogP contribution < -0.4 is 10.6 Å². The lowest BCUT2D eigenvalue weighted by Gasteiger charge is -2.23. The molecule has 0 aromatic rings. The van der Waals surface area contributed by atoms with Gasteiger partial charge in [-0.25, -0.2) is 9.59 Å². The van der Waals surface area contributed by atoms with Gasteiger partial charge in [0.1, 0.15) is 0 Å². The van der Waals surface area contributed by atoms with Crippen LogP contribution in [-0.2, 0) is 9.53 Å². The van der Waals surface area contributed by atoms with Gasteiger partial charge in [-0.05, 0) is 18.3 Å². The standard InChI is InChI=1S/C11H18N2O4/c1-7-4-8(7)5-12-10(16)13-11(9(14)15)2-3-17-6-11/h7-8H,2-6H2,1H3,(H,14,15)(H2,12,13,16). The summed E-state index contributed by atoms with van der Waals surface area (Å²) in [7, 11) is 0. The molecule has 2 aliphatic rings. The summed E-state index contributed by atoms with van der Waals surface area (Å²) in [5.41, 5.74) is -1.25. The predicted molar refractivity (Wildman–Crippen MR) is 59.6 cm³/mol. The summed E-state index contributed by atoms with van der Waals surface area (Å²) < 4.78 is 5.05. The van der Waals surface area contributed by atoms with Crippen LogP contribution >= 0.6 is 0 Å². The monoisotopic (exact) mass is 242 g/mol. The molecule has 17 heavy (non-hydrogen) atoms. The second-order valence-corrected chi connectivity index (χ2v) is 5.00. The van der Waals surface area contributed by atoms with Crippen molar-refractivity contribution in [3.05, 3.63) is 0 Å². The van der Waals surface area contributed by atoms with Gasteiger partial charge in [-0.2, -0.15) is 0 Å². The molecule has 96 valence electrons. The molecule has 0 aromatic heterocycles. The minimum absolute atomic E-state index is 0.0373. The molecule has 2 amide bonds. The maximum absolute atomic E-state index is 11.6. The topological polar surface area (TPSA) is 87.7 Å². The van der Waals surface area contributed by atoms with E-state index in [1.807, 2.05) is 0 Å². The van der Waals surface area contributed by atoms with Gasteiger partial charge in [-0.3, -0.25) is 0 Å². The summed E-state index contributed by atoms with van der Waals surface area (Å²) in [6.45, 7) is 3.15. The van der Waals surface area contributed by atoms with Gasteiger partial charge in [-0.15, -0.1) is 0 Å². The average molecular weight is 242 g/mol. The van der Waals surface area contributed by atoms with Crippen molar-refractivity contribution in [2.24, 2.45) is 11.8 Å². The van der Waals surface area contributed by atoms with Crippen molar-refractivity contribution < 1.29 is 19.4 Å². The van der Waals surface area contributed by atoms with E-state index in [1.165, 1.54) is 0 Å². The molecule has 0 aromatic carbocycles. The van der Waals surface area contributed by atoms with Gasteiger partial charge in [0, 0.05) is 19.6 Å². The van der Waals surface area contributed by atoms with E-state index in [0.29, 0.717) is 31.4 Å². The van der Waals surface area contributed by atoms with Crippen LogP contribution in [0.1, 0.15) is 19.8 Å². The number of hydrogen-bond acceptors (Lipinski definition) is 3. The van der Waals surface area contributed by atoms with Crippen molar-refractivity contribution in [1.29, 1.82) is 0 Å². The van der Waals surface area contributed by atoms with Gasteiger partial charge in [-0.1, -0.05) is 6.92 Å². The fraction of sp³-hybridized carbons (Fsp3) is 0.818. The maximum atomic E-state index is 11.6. The number of carbonyl (C=O) groups is 2. The Morgan fingerprint density at radius 1 is 1.53 bits per heavy atom. The largest absolute Gasteiger partial charge is 0.479 e. The maximum Gasteiger partial charge on any atom is 0.332 e. The molecule has 2 fully saturated rings. The molecular formula is C11H18N2O4. The van der Waals surface area contributed by atoms with E-state index >= 15 is 0 Å². The average Bonchev–Trinajstić information content (AvgIpc) is 2.77. The van der Waals surface area contributed by atoms with Crippen LogP contribution in [-0.4, -0.2) is 42.4 Å². The van der Waals surface area contributed by atoms with Gasteiger partial charge in [0.05, 0.1) is 6.61 Å². The summed E-state index contributed by atoms with van der Waals surface area (Å²) in [4.78, 5) is 22.7. The predicted octanol–water partition coefficient (Wildman–Crippen LogP) is 0.185. The number of carboxylic acid groups (broad SMARTS) is 1. The summed E-state index contributed by atoms with van der Waals surface area (Å²) in [5.74, 6) is 0.171. The number of hydrogen-bond donors (Lipinski definition) is 3. The van der Waals surface area contributed by atoms with E-state index in [0.717, 1.165) is 6.42 Å². The zero-order chi connectivity index (χ0) is 12.5. The summed E-state index contributed by atoms with van der Waals surface area (Å²) >= 11 is 0. The first-order valence-corrected chi connectivity index (χ1v) is 5.91. The Morgan fingerprint density at radius 3 is 2.71 bits per heavy atom. The molecule has 3 N–H and O–H groups in total. The Kier molecular flexibility index (Phi) is 3.24. The third-order valence-corrected chi connectivity index (χ3v) is 3.58.